The van der Waals surface area contributed by atoms with E-state index >= 15 is 0 Å². The van der Waals surface area contributed by atoms with Gasteiger partial charge in [0.15, 0.2) is 0 Å². The Hall–Kier alpha value is -0.900. The van der Waals surface area contributed by atoms with Crippen molar-refractivity contribution < 1.29 is 0 Å². The van der Waals surface area contributed by atoms with Crippen molar-refractivity contribution in [2.45, 2.75) is 33.2 Å². The average Bonchev–Trinajstić information content (AvgIpc) is 2.66. The summed E-state index contributed by atoms with van der Waals surface area (Å²) in [6.07, 6.45) is 4.67. The van der Waals surface area contributed by atoms with Gasteiger partial charge in [-0.05, 0) is 31.1 Å². The molecule has 0 bridgehead atoms. The molecule has 0 N–H and O–H groups in total. The second kappa shape index (κ2) is 3.55. The van der Waals surface area contributed by atoms with Crippen molar-refractivity contribution in [3.63, 3.8) is 0 Å². The molecule has 1 aromatic rings. The van der Waals surface area contributed by atoms with Crippen molar-refractivity contribution >= 4 is 0 Å². The number of aromatic nitrogens is 3. The molecule has 0 radical (unpaired) electrons. The van der Waals surface area contributed by atoms with Gasteiger partial charge in [-0.2, -0.15) is 0 Å². The minimum absolute atomic E-state index is 0.711. The number of aryl methyl sites for hydroxylation is 1. The Labute approximate surface area is 96.7 Å². The molecular formula is C12H20N4. The summed E-state index contributed by atoms with van der Waals surface area (Å²) in [6.45, 7) is 9.17. The van der Waals surface area contributed by atoms with Crippen LogP contribution in [0, 0.1) is 18.3 Å². The van der Waals surface area contributed by atoms with E-state index in [0.717, 1.165) is 24.8 Å². The molecule has 1 saturated heterocycles. The molecule has 1 aliphatic heterocycles. The first kappa shape index (κ1) is 10.3. The number of rotatable bonds is 4. The maximum absolute atomic E-state index is 4.01. The summed E-state index contributed by atoms with van der Waals surface area (Å²) in [5, 5.41) is 7.92. The van der Waals surface area contributed by atoms with E-state index in [1.54, 1.807) is 0 Å². The van der Waals surface area contributed by atoms with E-state index in [1.807, 2.05) is 13.3 Å². The number of hydrogen-bond acceptors (Lipinski definition) is 3. The maximum atomic E-state index is 4.01. The highest BCUT2D eigenvalue weighted by molar-refractivity contribution is 5.09. The molecule has 3 rings (SSSR count). The van der Waals surface area contributed by atoms with Crippen LogP contribution >= 0.6 is 0 Å². The number of piperidine rings is 1. The first-order valence-corrected chi connectivity index (χ1v) is 6.30. The normalized spacial score (nSPS) is 33.0. The van der Waals surface area contributed by atoms with Crippen molar-refractivity contribution in [1.29, 1.82) is 0 Å². The predicted octanol–water partition coefficient (Wildman–Crippen LogP) is 1.32. The van der Waals surface area contributed by atoms with Gasteiger partial charge in [0.2, 0.25) is 0 Å². The Morgan fingerprint density at radius 1 is 1.50 bits per heavy atom. The summed E-state index contributed by atoms with van der Waals surface area (Å²) < 4.78 is 2.14. The summed E-state index contributed by atoms with van der Waals surface area (Å²) in [7, 11) is 0. The first-order valence-electron chi connectivity index (χ1n) is 6.30. The van der Waals surface area contributed by atoms with Crippen molar-refractivity contribution in [3.8, 4) is 0 Å². The zero-order valence-electron chi connectivity index (χ0n) is 10.2. The maximum Gasteiger partial charge on any atom is 0.129 e. The molecule has 2 atom stereocenters. The van der Waals surface area contributed by atoms with Crippen LogP contribution in [-0.4, -0.2) is 39.3 Å². The van der Waals surface area contributed by atoms with E-state index in [1.165, 1.54) is 25.9 Å². The molecule has 88 valence electrons. The summed E-state index contributed by atoms with van der Waals surface area (Å²) >= 11 is 0. The lowest BCUT2D eigenvalue weighted by atomic mass is 10.0. The van der Waals surface area contributed by atoms with E-state index in [9.17, 15) is 0 Å². The van der Waals surface area contributed by atoms with Crippen LogP contribution in [0.1, 0.15) is 25.6 Å². The van der Waals surface area contributed by atoms with Crippen molar-refractivity contribution in [2.75, 3.05) is 19.6 Å². The molecule has 2 aliphatic rings. The standard InChI is InChI=1S/C12H20N4/c1-3-12-6-11(12)7-15(8-12)4-5-16-9-13-14-10(16)2/h9,11H,3-8H2,1-2H3. The summed E-state index contributed by atoms with van der Waals surface area (Å²) in [6, 6.07) is 0. The molecule has 0 spiro atoms. The third-order valence-corrected chi connectivity index (χ3v) is 4.55. The summed E-state index contributed by atoms with van der Waals surface area (Å²) in [5.41, 5.74) is 0.711. The molecule has 2 unspecified atom stereocenters. The molecule has 2 heterocycles. The lowest BCUT2D eigenvalue weighted by Crippen LogP contribution is -2.28. The van der Waals surface area contributed by atoms with E-state index in [2.05, 4.69) is 26.6 Å². The average molecular weight is 220 g/mol. The highest BCUT2D eigenvalue weighted by Crippen LogP contribution is 2.59. The van der Waals surface area contributed by atoms with Crippen LogP contribution in [0.2, 0.25) is 0 Å². The summed E-state index contributed by atoms with van der Waals surface area (Å²) in [4.78, 5) is 2.61. The van der Waals surface area contributed by atoms with Crippen LogP contribution in [0.4, 0.5) is 0 Å². The molecule has 0 amide bonds. The fraction of sp³-hybridized carbons (Fsp3) is 0.833. The monoisotopic (exact) mass is 220 g/mol. The third kappa shape index (κ3) is 1.56. The topological polar surface area (TPSA) is 34.0 Å². The predicted molar refractivity (Wildman–Crippen MR) is 62.0 cm³/mol. The number of hydrogen-bond donors (Lipinski definition) is 0. The van der Waals surface area contributed by atoms with Gasteiger partial charge in [0.25, 0.3) is 0 Å². The summed E-state index contributed by atoms with van der Waals surface area (Å²) in [5.74, 6) is 2.02. The molecule has 0 aromatic carbocycles. The Morgan fingerprint density at radius 2 is 2.38 bits per heavy atom. The zero-order valence-corrected chi connectivity index (χ0v) is 10.2. The fourth-order valence-corrected chi connectivity index (χ4v) is 3.20. The Bertz CT molecular complexity index is 382. The van der Waals surface area contributed by atoms with Gasteiger partial charge in [-0.3, -0.25) is 0 Å². The van der Waals surface area contributed by atoms with Gasteiger partial charge >= 0.3 is 0 Å². The van der Waals surface area contributed by atoms with Crippen LogP contribution in [-0.2, 0) is 6.54 Å². The quantitative estimate of drug-likeness (QED) is 0.767. The van der Waals surface area contributed by atoms with E-state index < -0.39 is 0 Å². The van der Waals surface area contributed by atoms with Crippen LogP contribution in [0.5, 0.6) is 0 Å². The van der Waals surface area contributed by atoms with Gasteiger partial charge in [0.1, 0.15) is 12.2 Å². The number of nitrogens with zero attached hydrogens (tertiary/aromatic N) is 4. The molecule has 4 nitrogen and oxygen atoms in total. The highest BCUT2D eigenvalue weighted by Gasteiger charge is 2.57. The van der Waals surface area contributed by atoms with Crippen LogP contribution in [0.25, 0.3) is 0 Å². The fourth-order valence-electron chi connectivity index (χ4n) is 3.20. The van der Waals surface area contributed by atoms with Gasteiger partial charge in [-0.1, -0.05) is 6.92 Å². The van der Waals surface area contributed by atoms with Gasteiger partial charge in [-0.15, -0.1) is 10.2 Å². The van der Waals surface area contributed by atoms with Gasteiger partial charge < -0.3 is 9.47 Å². The highest BCUT2D eigenvalue weighted by atomic mass is 15.3. The molecule has 1 aliphatic carbocycles. The first-order chi connectivity index (χ1) is 7.73. The van der Waals surface area contributed by atoms with Gasteiger partial charge in [0, 0.05) is 26.2 Å². The molecule has 4 heteroatoms. The molecule has 2 fully saturated rings. The van der Waals surface area contributed by atoms with Crippen molar-refractivity contribution in [2.24, 2.45) is 11.3 Å². The molecule has 16 heavy (non-hydrogen) atoms. The lowest BCUT2D eigenvalue weighted by Gasteiger charge is -2.20. The van der Waals surface area contributed by atoms with Crippen LogP contribution in [0.15, 0.2) is 6.33 Å². The zero-order chi connectivity index (χ0) is 11.2. The Kier molecular flexibility index (Phi) is 2.28. The van der Waals surface area contributed by atoms with E-state index in [0.29, 0.717) is 5.41 Å². The van der Waals surface area contributed by atoms with Crippen molar-refractivity contribution in [3.05, 3.63) is 12.2 Å². The van der Waals surface area contributed by atoms with Crippen LogP contribution in [0.3, 0.4) is 0 Å². The van der Waals surface area contributed by atoms with Crippen molar-refractivity contribution in [1.82, 2.24) is 19.7 Å². The van der Waals surface area contributed by atoms with E-state index in [4.69, 9.17) is 0 Å². The minimum Gasteiger partial charge on any atom is -0.317 e. The smallest absolute Gasteiger partial charge is 0.129 e. The minimum atomic E-state index is 0.711. The van der Waals surface area contributed by atoms with Gasteiger partial charge in [-0.25, -0.2) is 0 Å². The molecule has 1 saturated carbocycles. The second-order valence-electron chi connectivity index (χ2n) is 5.42. The number of fused-ring (bicyclic) bond motifs is 1. The van der Waals surface area contributed by atoms with Crippen LogP contribution < -0.4 is 0 Å². The second-order valence-corrected chi connectivity index (χ2v) is 5.42. The SMILES string of the molecule is CCC12CC1CN(CCn1cnnc1C)C2. The van der Waals surface area contributed by atoms with E-state index in [-0.39, 0.29) is 0 Å². The molecule has 1 aromatic heterocycles. The molecular weight excluding hydrogens is 200 g/mol. The third-order valence-electron chi connectivity index (χ3n) is 4.55. The largest absolute Gasteiger partial charge is 0.317 e. The lowest BCUT2D eigenvalue weighted by molar-refractivity contribution is 0.266. The Morgan fingerprint density at radius 3 is 3.00 bits per heavy atom. The number of likely N-dealkylation sites (tertiary alicyclic amines) is 1. The Balaban J connectivity index is 1.53. The van der Waals surface area contributed by atoms with Gasteiger partial charge in [0.05, 0.1) is 0 Å².